The van der Waals surface area contributed by atoms with Crippen molar-refractivity contribution in [2.45, 2.75) is 26.0 Å². The molecule has 2 aromatic rings. The Bertz CT molecular complexity index is 658. The van der Waals surface area contributed by atoms with Gasteiger partial charge in [0.25, 0.3) is 0 Å². The maximum Gasteiger partial charge on any atom is 0.241 e. The lowest BCUT2D eigenvalue weighted by Crippen LogP contribution is -2.39. The van der Waals surface area contributed by atoms with Crippen LogP contribution >= 0.6 is 15.9 Å². The minimum absolute atomic E-state index is 0.164. The fourth-order valence-corrected chi connectivity index (χ4v) is 2.46. The number of para-hydroxylation sites is 1. The summed E-state index contributed by atoms with van der Waals surface area (Å²) in [5.41, 5.74) is 7.93. The minimum atomic E-state index is -0.675. The Labute approximate surface area is 145 Å². The number of benzene rings is 2. The second kappa shape index (κ2) is 8.13. The van der Waals surface area contributed by atoms with Gasteiger partial charge in [-0.05, 0) is 47.5 Å². The molecule has 0 saturated carbocycles. The van der Waals surface area contributed by atoms with Crippen LogP contribution in [0.2, 0.25) is 0 Å². The molecule has 0 heterocycles. The van der Waals surface area contributed by atoms with Gasteiger partial charge in [-0.3, -0.25) is 4.79 Å². The molecule has 0 radical (unpaired) electrons. The summed E-state index contributed by atoms with van der Waals surface area (Å²) in [4.78, 5) is 12.2. The van der Waals surface area contributed by atoms with Crippen LogP contribution in [0.5, 0.6) is 5.75 Å². The van der Waals surface area contributed by atoms with E-state index in [0.717, 1.165) is 21.3 Å². The highest BCUT2D eigenvalue weighted by molar-refractivity contribution is 9.10. The molecule has 0 spiro atoms. The molecule has 2 atom stereocenters. The van der Waals surface area contributed by atoms with E-state index < -0.39 is 6.04 Å². The van der Waals surface area contributed by atoms with E-state index in [0.29, 0.717) is 6.54 Å². The van der Waals surface area contributed by atoms with Gasteiger partial charge in [0.15, 0.2) is 0 Å². The molecule has 0 aliphatic heterocycles. The first kappa shape index (κ1) is 17.5. The van der Waals surface area contributed by atoms with Crippen molar-refractivity contribution in [2.24, 2.45) is 5.73 Å². The van der Waals surface area contributed by atoms with E-state index in [2.05, 4.69) is 21.2 Å². The summed E-state index contributed by atoms with van der Waals surface area (Å²) in [6.45, 7) is 4.28. The van der Waals surface area contributed by atoms with Crippen LogP contribution in [0.25, 0.3) is 0 Å². The zero-order valence-electron chi connectivity index (χ0n) is 13.3. The second-order valence-corrected chi connectivity index (χ2v) is 6.35. The molecule has 4 nitrogen and oxygen atoms in total. The summed E-state index contributed by atoms with van der Waals surface area (Å²) in [5.74, 6) is 0.536. The molecule has 23 heavy (non-hydrogen) atoms. The standard InChI is InChI=1S/C18H21BrN2O2/c1-12-7-9-14(10-8-12)17(20)18(22)21-11-13(2)23-16-6-4-3-5-15(16)19/h3-10,13,17H,11,20H2,1-2H3,(H,21,22). The molecule has 2 rings (SSSR count). The number of ether oxygens (including phenoxy) is 1. The van der Waals surface area contributed by atoms with Crippen LogP contribution in [0.4, 0.5) is 0 Å². The number of rotatable bonds is 6. The lowest BCUT2D eigenvalue weighted by molar-refractivity contribution is -0.122. The third-order valence-corrected chi connectivity index (χ3v) is 4.10. The molecule has 122 valence electrons. The number of hydrogen-bond donors (Lipinski definition) is 2. The van der Waals surface area contributed by atoms with E-state index in [1.807, 2.05) is 62.4 Å². The van der Waals surface area contributed by atoms with Crippen LogP contribution in [0.3, 0.4) is 0 Å². The Kier molecular flexibility index (Phi) is 6.19. The third kappa shape index (κ3) is 5.08. The predicted octanol–water partition coefficient (Wildman–Crippen LogP) is 3.34. The SMILES string of the molecule is Cc1ccc(C(N)C(=O)NCC(C)Oc2ccccc2Br)cc1. The Hall–Kier alpha value is -1.85. The number of amides is 1. The second-order valence-electron chi connectivity index (χ2n) is 5.49. The van der Waals surface area contributed by atoms with Gasteiger partial charge in [0, 0.05) is 0 Å². The average molecular weight is 377 g/mol. The monoisotopic (exact) mass is 376 g/mol. The van der Waals surface area contributed by atoms with E-state index in [1.54, 1.807) is 0 Å². The van der Waals surface area contributed by atoms with Gasteiger partial charge in [0.05, 0.1) is 11.0 Å². The number of nitrogens with two attached hydrogens (primary N) is 1. The topological polar surface area (TPSA) is 64.4 Å². The number of hydrogen-bond acceptors (Lipinski definition) is 3. The van der Waals surface area contributed by atoms with Gasteiger partial charge in [0.2, 0.25) is 5.91 Å². The largest absolute Gasteiger partial charge is 0.488 e. The zero-order valence-corrected chi connectivity index (χ0v) is 14.8. The lowest BCUT2D eigenvalue weighted by Gasteiger charge is -2.18. The highest BCUT2D eigenvalue weighted by Crippen LogP contribution is 2.24. The van der Waals surface area contributed by atoms with Crippen LogP contribution in [0.15, 0.2) is 53.0 Å². The number of nitrogens with one attached hydrogen (secondary N) is 1. The first-order valence-electron chi connectivity index (χ1n) is 7.48. The van der Waals surface area contributed by atoms with E-state index in [1.165, 1.54) is 0 Å². The predicted molar refractivity (Wildman–Crippen MR) is 95.3 cm³/mol. The van der Waals surface area contributed by atoms with Gasteiger partial charge in [-0.1, -0.05) is 42.0 Å². The molecule has 1 amide bonds. The maximum atomic E-state index is 12.2. The van der Waals surface area contributed by atoms with Crippen molar-refractivity contribution in [3.05, 3.63) is 64.1 Å². The Morgan fingerprint density at radius 3 is 2.52 bits per heavy atom. The van der Waals surface area contributed by atoms with E-state index in [-0.39, 0.29) is 12.0 Å². The van der Waals surface area contributed by atoms with Crippen LogP contribution < -0.4 is 15.8 Å². The molecule has 0 saturated heterocycles. The molecule has 0 fully saturated rings. The first-order chi connectivity index (χ1) is 11.0. The van der Waals surface area contributed by atoms with Gasteiger partial charge in [-0.15, -0.1) is 0 Å². The quantitative estimate of drug-likeness (QED) is 0.812. The fourth-order valence-electron chi connectivity index (χ4n) is 2.08. The van der Waals surface area contributed by atoms with Gasteiger partial charge < -0.3 is 15.8 Å². The van der Waals surface area contributed by atoms with Crippen LogP contribution in [0.1, 0.15) is 24.1 Å². The molecule has 2 aromatic carbocycles. The van der Waals surface area contributed by atoms with Crippen molar-refractivity contribution in [2.75, 3.05) is 6.54 Å². The fraction of sp³-hybridized carbons (Fsp3) is 0.278. The minimum Gasteiger partial charge on any atom is -0.488 e. The van der Waals surface area contributed by atoms with Crippen LogP contribution in [-0.4, -0.2) is 18.6 Å². The van der Waals surface area contributed by atoms with Gasteiger partial charge in [-0.25, -0.2) is 0 Å². The summed E-state index contributed by atoms with van der Waals surface area (Å²) in [6, 6.07) is 14.6. The van der Waals surface area contributed by atoms with Gasteiger partial charge in [-0.2, -0.15) is 0 Å². The molecule has 3 N–H and O–H groups in total. The van der Waals surface area contributed by atoms with Crippen molar-refractivity contribution < 1.29 is 9.53 Å². The zero-order chi connectivity index (χ0) is 16.8. The molecule has 0 aliphatic carbocycles. The molecule has 0 aromatic heterocycles. The highest BCUT2D eigenvalue weighted by Gasteiger charge is 2.16. The molecule has 0 bridgehead atoms. The van der Waals surface area contributed by atoms with Crippen molar-refractivity contribution in [1.29, 1.82) is 0 Å². The number of carbonyl (C=O) groups excluding carboxylic acids is 1. The average Bonchev–Trinajstić information content (AvgIpc) is 2.55. The molecule has 2 unspecified atom stereocenters. The highest BCUT2D eigenvalue weighted by atomic mass is 79.9. The number of carbonyl (C=O) groups is 1. The summed E-state index contributed by atoms with van der Waals surface area (Å²) >= 11 is 3.43. The van der Waals surface area contributed by atoms with Crippen molar-refractivity contribution >= 4 is 21.8 Å². The number of aryl methyl sites for hydroxylation is 1. The van der Waals surface area contributed by atoms with Crippen LogP contribution in [0, 0.1) is 6.92 Å². The Morgan fingerprint density at radius 1 is 1.22 bits per heavy atom. The summed E-state index contributed by atoms with van der Waals surface area (Å²) in [6.07, 6.45) is -0.164. The first-order valence-corrected chi connectivity index (χ1v) is 8.27. The van der Waals surface area contributed by atoms with Gasteiger partial charge in [0.1, 0.15) is 17.9 Å². The smallest absolute Gasteiger partial charge is 0.241 e. The van der Waals surface area contributed by atoms with Crippen molar-refractivity contribution in [3.63, 3.8) is 0 Å². The Balaban J connectivity index is 1.86. The molecule has 5 heteroatoms. The van der Waals surface area contributed by atoms with Gasteiger partial charge >= 0.3 is 0 Å². The third-order valence-electron chi connectivity index (χ3n) is 3.45. The Morgan fingerprint density at radius 2 is 1.87 bits per heavy atom. The normalized spacial score (nSPS) is 13.2. The summed E-state index contributed by atoms with van der Waals surface area (Å²) in [5, 5.41) is 2.83. The molecular weight excluding hydrogens is 356 g/mol. The van der Waals surface area contributed by atoms with E-state index in [4.69, 9.17) is 10.5 Å². The number of halogens is 1. The molecular formula is C18H21BrN2O2. The molecule has 0 aliphatic rings. The van der Waals surface area contributed by atoms with E-state index in [9.17, 15) is 4.79 Å². The summed E-state index contributed by atoms with van der Waals surface area (Å²) in [7, 11) is 0. The van der Waals surface area contributed by atoms with Crippen LogP contribution in [-0.2, 0) is 4.79 Å². The van der Waals surface area contributed by atoms with E-state index >= 15 is 0 Å². The lowest BCUT2D eigenvalue weighted by atomic mass is 10.1. The van der Waals surface area contributed by atoms with Crippen molar-refractivity contribution in [3.8, 4) is 5.75 Å². The summed E-state index contributed by atoms with van der Waals surface area (Å²) < 4.78 is 6.68. The van der Waals surface area contributed by atoms with Crippen molar-refractivity contribution in [1.82, 2.24) is 5.32 Å². The maximum absolute atomic E-state index is 12.2.